The smallest absolute Gasteiger partial charge is 0.207 e. The van der Waals surface area contributed by atoms with Gasteiger partial charge in [0.15, 0.2) is 0 Å². The molecule has 0 aromatic carbocycles. The van der Waals surface area contributed by atoms with E-state index in [1.807, 2.05) is 24.8 Å². The van der Waals surface area contributed by atoms with E-state index in [1.54, 1.807) is 11.4 Å². The lowest BCUT2D eigenvalue weighted by atomic mass is 10.4. The molecule has 1 N–H and O–H groups in total. The van der Waals surface area contributed by atoms with Gasteiger partial charge >= 0.3 is 0 Å². The molecule has 4 heteroatoms. The maximum atomic E-state index is 5.21. The van der Waals surface area contributed by atoms with E-state index in [0.717, 1.165) is 0 Å². The summed E-state index contributed by atoms with van der Waals surface area (Å²) in [6, 6.07) is 0. The zero-order chi connectivity index (χ0) is 7.52. The average molecular weight is 153 g/mol. The van der Waals surface area contributed by atoms with Crippen LogP contribution < -0.4 is 5.43 Å². The number of rotatable bonds is 1. The summed E-state index contributed by atoms with van der Waals surface area (Å²) in [5.41, 5.74) is 2.90. The fourth-order valence-corrected chi connectivity index (χ4v) is 0.938. The van der Waals surface area contributed by atoms with Crippen molar-refractivity contribution in [2.75, 3.05) is 6.61 Å². The second-order valence-electron chi connectivity index (χ2n) is 2.19. The van der Waals surface area contributed by atoms with Crippen molar-refractivity contribution >= 4 is 0 Å². The van der Waals surface area contributed by atoms with Crippen molar-refractivity contribution in [2.45, 2.75) is 6.23 Å². The maximum Gasteiger partial charge on any atom is 0.207 e. The summed E-state index contributed by atoms with van der Waals surface area (Å²) in [5, 5.41) is 1.56. The van der Waals surface area contributed by atoms with Gasteiger partial charge in [0.2, 0.25) is 6.23 Å². The van der Waals surface area contributed by atoms with E-state index in [0.29, 0.717) is 6.61 Å². The quantitative estimate of drug-likeness (QED) is 0.588. The summed E-state index contributed by atoms with van der Waals surface area (Å²) in [6.07, 6.45) is 7.12. The van der Waals surface area contributed by atoms with Crippen LogP contribution in [-0.2, 0) is 9.57 Å². The minimum absolute atomic E-state index is 0.154. The van der Waals surface area contributed by atoms with Crippen LogP contribution in [0, 0.1) is 6.54 Å². The molecule has 2 aliphatic heterocycles. The number of hydrogen-bond donors (Lipinski definition) is 1. The van der Waals surface area contributed by atoms with Crippen LogP contribution in [0.1, 0.15) is 0 Å². The van der Waals surface area contributed by atoms with E-state index >= 15 is 0 Å². The minimum atomic E-state index is -0.154. The summed E-state index contributed by atoms with van der Waals surface area (Å²) in [6.45, 7) is 2.40. The first-order valence-corrected chi connectivity index (χ1v) is 3.45. The van der Waals surface area contributed by atoms with E-state index in [4.69, 9.17) is 9.57 Å². The molecular formula is C7H9N2O2. The van der Waals surface area contributed by atoms with Crippen molar-refractivity contribution in [3.05, 3.63) is 31.0 Å². The summed E-state index contributed by atoms with van der Waals surface area (Å²) < 4.78 is 5.21. The molecule has 0 aromatic rings. The van der Waals surface area contributed by atoms with Crippen LogP contribution in [0.2, 0.25) is 0 Å². The van der Waals surface area contributed by atoms with E-state index in [-0.39, 0.29) is 6.23 Å². The SMILES string of the molecule is [CH]1CON(C2C=CC=CO2)N1. The normalized spacial score (nSPS) is 30.7. The molecule has 0 saturated carbocycles. The molecule has 1 radical (unpaired) electrons. The molecule has 2 rings (SSSR count). The highest BCUT2D eigenvalue weighted by atomic mass is 16.8. The van der Waals surface area contributed by atoms with E-state index in [9.17, 15) is 0 Å². The number of hydroxylamine groups is 1. The van der Waals surface area contributed by atoms with Gasteiger partial charge in [-0.15, -0.1) is 0 Å². The number of hydrogen-bond acceptors (Lipinski definition) is 4. The first-order valence-electron chi connectivity index (χ1n) is 3.45. The molecule has 4 nitrogen and oxygen atoms in total. The highest BCUT2D eigenvalue weighted by molar-refractivity contribution is 5.06. The van der Waals surface area contributed by atoms with E-state index < -0.39 is 0 Å². The molecule has 1 fully saturated rings. The van der Waals surface area contributed by atoms with E-state index in [1.165, 1.54) is 0 Å². The Morgan fingerprint density at radius 1 is 1.45 bits per heavy atom. The van der Waals surface area contributed by atoms with Crippen molar-refractivity contribution in [2.24, 2.45) is 0 Å². The lowest BCUT2D eigenvalue weighted by molar-refractivity contribution is -0.214. The Bertz CT molecular complexity index is 185. The van der Waals surface area contributed by atoms with Gasteiger partial charge in [0.05, 0.1) is 19.4 Å². The molecule has 0 aliphatic carbocycles. The van der Waals surface area contributed by atoms with Crippen molar-refractivity contribution in [3.63, 3.8) is 0 Å². The van der Waals surface area contributed by atoms with Gasteiger partial charge < -0.3 is 4.74 Å². The van der Waals surface area contributed by atoms with Crippen molar-refractivity contribution in [1.29, 1.82) is 0 Å². The lowest BCUT2D eigenvalue weighted by Crippen LogP contribution is -2.38. The topological polar surface area (TPSA) is 33.7 Å². The predicted molar refractivity (Wildman–Crippen MR) is 38.4 cm³/mol. The van der Waals surface area contributed by atoms with Crippen molar-refractivity contribution in [1.82, 2.24) is 10.6 Å². The molecule has 2 heterocycles. The molecule has 59 valence electrons. The molecular weight excluding hydrogens is 144 g/mol. The number of ether oxygens (including phenoxy) is 1. The number of allylic oxidation sites excluding steroid dienone is 2. The van der Waals surface area contributed by atoms with Crippen LogP contribution in [0.15, 0.2) is 24.5 Å². The molecule has 2 aliphatic rings. The van der Waals surface area contributed by atoms with Gasteiger partial charge in [0.1, 0.15) is 0 Å². The van der Waals surface area contributed by atoms with Crippen LogP contribution in [0.4, 0.5) is 0 Å². The van der Waals surface area contributed by atoms with Crippen LogP contribution in [0.3, 0.4) is 0 Å². The Morgan fingerprint density at radius 3 is 3.09 bits per heavy atom. The Labute approximate surface area is 65.0 Å². The van der Waals surface area contributed by atoms with E-state index in [2.05, 4.69) is 5.43 Å². The predicted octanol–water partition coefficient (Wildman–Crippen LogP) is 0.326. The van der Waals surface area contributed by atoms with Gasteiger partial charge in [-0.3, -0.25) is 4.84 Å². The molecule has 0 amide bonds. The van der Waals surface area contributed by atoms with Gasteiger partial charge in [-0.05, 0) is 12.2 Å². The molecule has 1 unspecified atom stereocenters. The van der Waals surface area contributed by atoms with Crippen molar-refractivity contribution in [3.8, 4) is 0 Å². The molecule has 0 bridgehead atoms. The lowest BCUT2D eigenvalue weighted by Gasteiger charge is -2.22. The molecule has 11 heavy (non-hydrogen) atoms. The van der Waals surface area contributed by atoms with Crippen molar-refractivity contribution < 1.29 is 9.57 Å². The van der Waals surface area contributed by atoms with Crippen LogP contribution in [-0.4, -0.2) is 18.0 Å². The monoisotopic (exact) mass is 153 g/mol. The maximum absolute atomic E-state index is 5.21. The standard InChI is InChI=1S/C7H9N2O2/c1-2-5-10-7(3-1)9-8-4-6-11-9/h1-5,7-8H,6H2. The second-order valence-corrected chi connectivity index (χ2v) is 2.19. The largest absolute Gasteiger partial charge is 0.476 e. The zero-order valence-electron chi connectivity index (χ0n) is 5.93. The summed E-state index contributed by atoms with van der Waals surface area (Å²) >= 11 is 0. The third-order valence-electron chi connectivity index (χ3n) is 1.43. The molecule has 0 spiro atoms. The van der Waals surface area contributed by atoms with Gasteiger partial charge in [-0.2, -0.15) is 0 Å². The summed E-state index contributed by atoms with van der Waals surface area (Å²) in [4.78, 5) is 5.15. The highest BCUT2D eigenvalue weighted by Gasteiger charge is 2.21. The highest BCUT2D eigenvalue weighted by Crippen LogP contribution is 2.09. The Kier molecular flexibility index (Phi) is 1.89. The Morgan fingerprint density at radius 2 is 2.45 bits per heavy atom. The second kappa shape index (κ2) is 3.04. The first kappa shape index (κ1) is 6.84. The number of nitrogens with one attached hydrogen (secondary N) is 1. The minimum Gasteiger partial charge on any atom is -0.476 e. The van der Waals surface area contributed by atoms with Gasteiger partial charge in [-0.25, -0.2) is 5.43 Å². The van der Waals surface area contributed by atoms with Crippen LogP contribution in [0.25, 0.3) is 0 Å². The number of nitrogens with zero attached hydrogens (tertiary/aromatic N) is 1. The average Bonchev–Trinajstić information content (AvgIpc) is 2.58. The summed E-state index contributed by atoms with van der Waals surface area (Å²) in [5.74, 6) is 0. The first-order chi connectivity index (χ1) is 5.47. The fourth-order valence-electron chi connectivity index (χ4n) is 0.938. The van der Waals surface area contributed by atoms with Gasteiger partial charge in [0, 0.05) is 0 Å². The van der Waals surface area contributed by atoms with Crippen LogP contribution in [0.5, 0.6) is 0 Å². The molecule has 1 saturated heterocycles. The summed E-state index contributed by atoms with van der Waals surface area (Å²) in [7, 11) is 0. The zero-order valence-corrected chi connectivity index (χ0v) is 5.93. The third-order valence-corrected chi connectivity index (χ3v) is 1.43. The Balaban J connectivity index is 1.94. The van der Waals surface area contributed by atoms with Gasteiger partial charge in [-0.1, -0.05) is 11.2 Å². The fraction of sp³-hybridized carbons (Fsp3) is 0.286. The van der Waals surface area contributed by atoms with Gasteiger partial charge in [0.25, 0.3) is 0 Å². The third kappa shape index (κ3) is 1.42. The number of hydrazine groups is 1. The Hall–Kier alpha value is -0.840. The van der Waals surface area contributed by atoms with Crippen LogP contribution >= 0.6 is 0 Å². The molecule has 1 atom stereocenters. The molecule has 0 aromatic heterocycles.